The Morgan fingerprint density at radius 3 is 2.90 bits per heavy atom. The molecule has 1 saturated heterocycles. The number of anilines is 1. The molecule has 1 unspecified atom stereocenters. The average molecular weight is 375 g/mol. The molecule has 1 aliphatic heterocycles. The van der Waals surface area contributed by atoms with Crippen LogP contribution in [-0.4, -0.2) is 28.3 Å². The van der Waals surface area contributed by atoms with Crippen LogP contribution in [0, 0.1) is 5.92 Å². The van der Waals surface area contributed by atoms with E-state index in [1.807, 2.05) is 18.2 Å². The van der Waals surface area contributed by atoms with Gasteiger partial charge in [0.1, 0.15) is 5.82 Å². The smallest absolute Gasteiger partial charge is 0.228 e. The number of benzene rings is 1. The number of amides is 1. The van der Waals surface area contributed by atoms with Gasteiger partial charge in [-0.15, -0.1) is 11.6 Å². The van der Waals surface area contributed by atoms with Crippen molar-refractivity contribution in [2.45, 2.75) is 6.42 Å². The lowest BCUT2D eigenvalue weighted by Gasteiger charge is -2.17. The largest absolute Gasteiger partial charge is 0.296 e. The summed E-state index contributed by atoms with van der Waals surface area (Å²) in [6, 6.07) is 5.64. The number of hydrogen-bond donors (Lipinski definition) is 0. The number of carbonyl (C=O) groups is 1. The molecule has 0 bridgehead atoms. The molecule has 1 fully saturated rings. The third-order valence-corrected chi connectivity index (χ3v) is 4.55. The Bertz CT molecular complexity index is 695. The van der Waals surface area contributed by atoms with Crippen molar-refractivity contribution in [3.05, 3.63) is 28.0 Å². The van der Waals surface area contributed by atoms with Crippen molar-refractivity contribution in [1.29, 1.82) is 0 Å². The molecule has 2 heterocycles. The fraction of sp³-hybridized carbons (Fsp3) is 0.308. The molecule has 4 nitrogen and oxygen atoms in total. The number of nitrogens with zero attached hydrogens (tertiary/aromatic N) is 3. The number of para-hydroxylation sites is 1. The van der Waals surface area contributed by atoms with Crippen molar-refractivity contribution in [2.24, 2.45) is 5.92 Å². The van der Waals surface area contributed by atoms with E-state index in [0.29, 0.717) is 30.2 Å². The standard InChI is InChI=1S/C13H10BrCl2N3O/c14-9-3-1-2-8-11(9)17-13(16)18-12(8)19-6-7(5-15)4-10(19)20/h1-3,7H,4-6H2. The first-order chi connectivity index (χ1) is 9.60. The molecule has 0 aliphatic carbocycles. The Morgan fingerprint density at radius 1 is 1.40 bits per heavy atom. The van der Waals surface area contributed by atoms with Crippen LogP contribution >= 0.6 is 39.1 Å². The number of carbonyl (C=O) groups excluding carboxylic acids is 1. The number of fused-ring (bicyclic) bond motifs is 1. The topological polar surface area (TPSA) is 46.1 Å². The summed E-state index contributed by atoms with van der Waals surface area (Å²) >= 11 is 15.3. The maximum absolute atomic E-state index is 12.1. The fourth-order valence-corrected chi connectivity index (χ4v) is 3.20. The number of aromatic nitrogens is 2. The minimum atomic E-state index is 0.0201. The van der Waals surface area contributed by atoms with E-state index in [4.69, 9.17) is 23.2 Å². The van der Waals surface area contributed by atoms with Crippen molar-refractivity contribution < 1.29 is 4.79 Å². The Hall–Kier alpha value is -0.910. The minimum Gasteiger partial charge on any atom is -0.296 e. The molecular formula is C13H10BrCl2N3O. The molecule has 1 aromatic heterocycles. The maximum Gasteiger partial charge on any atom is 0.228 e. The van der Waals surface area contributed by atoms with E-state index in [1.165, 1.54) is 0 Å². The van der Waals surface area contributed by atoms with Gasteiger partial charge in [-0.25, -0.2) is 4.98 Å². The summed E-state index contributed by atoms with van der Waals surface area (Å²) in [5.41, 5.74) is 0.699. The van der Waals surface area contributed by atoms with E-state index in [0.717, 1.165) is 9.86 Å². The van der Waals surface area contributed by atoms with Crippen LogP contribution < -0.4 is 4.90 Å². The second kappa shape index (κ2) is 5.47. The molecular weight excluding hydrogens is 365 g/mol. The van der Waals surface area contributed by atoms with Gasteiger partial charge in [0, 0.05) is 28.7 Å². The molecule has 0 saturated carbocycles. The van der Waals surface area contributed by atoms with Crippen LogP contribution in [0.1, 0.15) is 6.42 Å². The van der Waals surface area contributed by atoms with Crippen molar-refractivity contribution in [2.75, 3.05) is 17.3 Å². The van der Waals surface area contributed by atoms with Crippen LogP contribution in [0.4, 0.5) is 5.82 Å². The first kappa shape index (κ1) is 14.0. The van der Waals surface area contributed by atoms with E-state index in [9.17, 15) is 4.79 Å². The van der Waals surface area contributed by atoms with E-state index in [-0.39, 0.29) is 17.1 Å². The van der Waals surface area contributed by atoms with Crippen LogP contribution in [0.15, 0.2) is 22.7 Å². The third kappa shape index (κ3) is 2.38. The zero-order valence-electron chi connectivity index (χ0n) is 10.3. The molecule has 20 heavy (non-hydrogen) atoms. The summed E-state index contributed by atoms with van der Waals surface area (Å²) in [6.07, 6.45) is 0.445. The summed E-state index contributed by atoms with van der Waals surface area (Å²) in [6.45, 7) is 0.567. The molecule has 0 N–H and O–H groups in total. The van der Waals surface area contributed by atoms with Gasteiger partial charge >= 0.3 is 0 Å². The molecule has 1 amide bonds. The molecule has 1 aromatic carbocycles. The van der Waals surface area contributed by atoms with Crippen molar-refractivity contribution in [3.8, 4) is 0 Å². The van der Waals surface area contributed by atoms with Crippen molar-refractivity contribution >= 4 is 61.8 Å². The Labute approximate surface area is 134 Å². The second-order valence-corrected chi connectivity index (χ2v) is 6.18. The highest BCUT2D eigenvalue weighted by Gasteiger charge is 2.32. The zero-order valence-corrected chi connectivity index (χ0v) is 13.4. The molecule has 0 spiro atoms. The van der Waals surface area contributed by atoms with Crippen LogP contribution in [0.3, 0.4) is 0 Å². The van der Waals surface area contributed by atoms with Crippen LogP contribution in [-0.2, 0) is 4.79 Å². The van der Waals surface area contributed by atoms with Gasteiger partial charge in [0.25, 0.3) is 0 Å². The number of alkyl halides is 1. The third-order valence-electron chi connectivity index (χ3n) is 3.31. The number of hydrogen-bond acceptors (Lipinski definition) is 3. The summed E-state index contributed by atoms with van der Waals surface area (Å²) in [7, 11) is 0. The lowest BCUT2D eigenvalue weighted by atomic mass is 10.1. The van der Waals surface area contributed by atoms with E-state index < -0.39 is 0 Å². The highest BCUT2D eigenvalue weighted by Crippen LogP contribution is 2.33. The van der Waals surface area contributed by atoms with Crippen molar-refractivity contribution in [1.82, 2.24) is 9.97 Å². The summed E-state index contributed by atoms with van der Waals surface area (Å²) in [5.74, 6) is 1.19. The van der Waals surface area contributed by atoms with E-state index in [1.54, 1.807) is 4.90 Å². The second-order valence-electron chi connectivity index (χ2n) is 4.68. The molecule has 3 rings (SSSR count). The van der Waals surface area contributed by atoms with Gasteiger partial charge in [-0.05, 0) is 45.6 Å². The quantitative estimate of drug-likeness (QED) is 0.595. The highest BCUT2D eigenvalue weighted by atomic mass is 79.9. The van der Waals surface area contributed by atoms with Crippen LogP contribution in [0.25, 0.3) is 10.9 Å². The van der Waals surface area contributed by atoms with Crippen LogP contribution in [0.2, 0.25) is 5.28 Å². The predicted molar refractivity (Wildman–Crippen MR) is 83.4 cm³/mol. The lowest BCUT2D eigenvalue weighted by molar-refractivity contribution is -0.117. The zero-order chi connectivity index (χ0) is 14.3. The van der Waals surface area contributed by atoms with Gasteiger partial charge in [0.05, 0.1) is 5.52 Å². The number of rotatable bonds is 2. The SMILES string of the molecule is O=C1CC(CCl)CN1c1nc(Cl)nc2c(Br)cccc12. The molecule has 104 valence electrons. The normalized spacial score (nSPS) is 19.1. The molecule has 0 radical (unpaired) electrons. The first-order valence-corrected chi connectivity index (χ1v) is 7.79. The first-order valence-electron chi connectivity index (χ1n) is 6.08. The lowest BCUT2D eigenvalue weighted by Crippen LogP contribution is -2.26. The monoisotopic (exact) mass is 373 g/mol. The van der Waals surface area contributed by atoms with Gasteiger partial charge < -0.3 is 0 Å². The van der Waals surface area contributed by atoms with Gasteiger partial charge in [-0.2, -0.15) is 4.98 Å². The summed E-state index contributed by atoms with van der Waals surface area (Å²) in [4.78, 5) is 22.2. The predicted octanol–water partition coefficient (Wildman–Crippen LogP) is 3.64. The molecule has 2 aromatic rings. The summed E-state index contributed by atoms with van der Waals surface area (Å²) < 4.78 is 0.820. The van der Waals surface area contributed by atoms with Crippen molar-refractivity contribution in [3.63, 3.8) is 0 Å². The summed E-state index contributed by atoms with van der Waals surface area (Å²) in [5, 5.41) is 0.925. The molecule has 1 atom stereocenters. The average Bonchev–Trinajstić information content (AvgIpc) is 2.80. The number of halogens is 3. The Balaban J connectivity index is 2.16. The molecule has 7 heteroatoms. The fourth-order valence-electron chi connectivity index (χ4n) is 2.37. The molecule has 1 aliphatic rings. The Morgan fingerprint density at radius 2 is 2.20 bits per heavy atom. The van der Waals surface area contributed by atoms with Gasteiger partial charge in [0.2, 0.25) is 11.2 Å². The highest BCUT2D eigenvalue weighted by molar-refractivity contribution is 9.10. The van der Waals surface area contributed by atoms with Gasteiger partial charge in [-0.3, -0.25) is 9.69 Å². The maximum atomic E-state index is 12.1. The van der Waals surface area contributed by atoms with E-state index >= 15 is 0 Å². The van der Waals surface area contributed by atoms with Crippen LogP contribution in [0.5, 0.6) is 0 Å². The van der Waals surface area contributed by atoms with Gasteiger partial charge in [0.15, 0.2) is 0 Å². The minimum absolute atomic E-state index is 0.0201. The van der Waals surface area contributed by atoms with Gasteiger partial charge in [-0.1, -0.05) is 6.07 Å². The van der Waals surface area contributed by atoms with E-state index in [2.05, 4.69) is 25.9 Å². The Kier molecular flexibility index (Phi) is 3.84.